The molecule has 0 unspecified atom stereocenters. The molecule has 2 aromatic carbocycles. The molecule has 1 aliphatic rings. The van der Waals surface area contributed by atoms with Crippen molar-refractivity contribution in [2.45, 2.75) is 12.6 Å². The first-order valence-electron chi connectivity index (χ1n) is 11.5. The van der Waals surface area contributed by atoms with Crippen molar-refractivity contribution in [1.82, 2.24) is 14.9 Å². The van der Waals surface area contributed by atoms with Gasteiger partial charge in [0.2, 0.25) is 0 Å². The third-order valence-electron chi connectivity index (χ3n) is 6.35. The monoisotopic (exact) mass is 467 g/mol. The number of rotatable bonds is 7. The largest absolute Gasteiger partial charge is 0.489 e. The average molecular weight is 468 g/mol. The predicted molar refractivity (Wildman–Crippen MR) is 132 cm³/mol. The van der Waals surface area contributed by atoms with Gasteiger partial charge in [0.25, 0.3) is 0 Å². The highest BCUT2D eigenvalue weighted by Crippen LogP contribution is 2.32. The van der Waals surface area contributed by atoms with Crippen LogP contribution in [0, 0.1) is 11.3 Å². The fraction of sp³-hybridized carbons (Fsp3) is 0.222. The highest BCUT2D eigenvalue weighted by atomic mass is 16.5. The molecule has 8 nitrogen and oxygen atoms in total. The number of hydrogen-bond acceptors (Lipinski definition) is 6. The molecule has 1 atom stereocenters. The Hall–Kier alpha value is -4.35. The molecule has 3 heterocycles. The number of anilines is 1. The van der Waals surface area contributed by atoms with Crippen molar-refractivity contribution in [2.24, 2.45) is 0 Å². The Balaban J connectivity index is 1.35. The predicted octanol–water partition coefficient (Wildman–Crippen LogP) is 3.96. The minimum Gasteiger partial charge on any atom is -0.489 e. The minimum atomic E-state index is -0.898. The molecule has 0 bridgehead atoms. The van der Waals surface area contributed by atoms with Crippen LogP contribution < -0.4 is 9.64 Å². The maximum Gasteiger partial charge on any atom is 0.325 e. The molecule has 35 heavy (non-hydrogen) atoms. The Labute approximate surface area is 203 Å². The Morgan fingerprint density at radius 1 is 1.11 bits per heavy atom. The van der Waals surface area contributed by atoms with Crippen LogP contribution in [0.3, 0.4) is 0 Å². The number of nitriles is 1. The van der Waals surface area contributed by atoms with Gasteiger partial charge < -0.3 is 19.7 Å². The number of pyridine rings is 1. The van der Waals surface area contributed by atoms with Gasteiger partial charge >= 0.3 is 5.97 Å². The first-order valence-corrected chi connectivity index (χ1v) is 11.5. The number of aromatic amines is 1. The second kappa shape index (κ2) is 9.87. The molecule has 0 spiro atoms. The van der Waals surface area contributed by atoms with Gasteiger partial charge in [-0.1, -0.05) is 30.3 Å². The molecule has 0 saturated carbocycles. The molecule has 0 amide bonds. The van der Waals surface area contributed by atoms with E-state index in [9.17, 15) is 15.2 Å². The van der Waals surface area contributed by atoms with E-state index in [0.29, 0.717) is 55.5 Å². The first kappa shape index (κ1) is 22.4. The van der Waals surface area contributed by atoms with E-state index in [2.05, 4.69) is 16.0 Å². The van der Waals surface area contributed by atoms with Crippen LogP contribution in [0.25, 0.3) is 10.9 Å². The summed E-state index contributed by atoms with van der Waals surface area (Å²) in [6.45, 7) is 2.69. The van der Waals surface area contributed by atoms with Crippen LogP contribution in [0.1, 0.15) is 22.7 Å². The number of carboxylic acids is 1. The van der Waals surface area contributed by atoms with Gasteiger partial charge in [0.05, 0.1) is 5.56 Å². The first-order chi connectivity index (χ1) is 17.1. The number of nitrogens with zero attached hydrogens (tertiary/aromatic N) is 4. The van der Waals surface area contributed by atoms with Crippen LogP contribution in [-0.4, -0.2) is 52.1 Å². The SMILES string of the molecule is N#Cc1cccnc1N1CCN([C@@H](C(=O)O)c2c[nH]c3ccc(OCc4ccccc4)cc23)CC1. The molecule has 8 heteroatoms. The summed E-state index contributed by atoms with van der Waals surface area (Å²) < 4.78 is 5.98. The van der Waals surface area contributed by atoms with Gasteiger partial charge in [-0.05, 0) is 35.9 Å². The van der Waals surface area contributed by atoms with Crippen LogP contribution >= 0.6 is 0 Å². The standard InChI is InChI=1S/C27H25N5O3/c28-16-20-7-4-10-29-26(20)32-13-11-31(12-14-32)25(27(33)34)23-17-30-24-9-8-21(15-22(23)24)35-18-19-5-2-1-3-6-19/h1-10,15,17,25,30H,11-14,18H2,(H,33,34)/t25-/m1/s1. The van der Waals surface area contributed by atoms with E-state index in [4.69, 9.17) is 4.74 Å². The summed E-state index contributed by atoms with van der Waals surface area (Å²) in [7, 11) is 0. The Kier molecular flexibility index (Phi) is 6.33. The second-order valence-corrected chi connectivity index (χ2v) is 8.48. The molecule has 176 valence electrons. The summed E-state index contributed by atoms with van der Waals surface area (Å²) in [4.78, 5) is 24.0. The molecule has 2 aromatic heterocycles. The zero-order valence-electron chi connectivity index (χ0n) is 19.1. The zero-order chi connectivity index (χ0) is 24.2. The van der Waals surface area contributed by atoms with Crippen LogP contribution in [-0.2, 0) is 11.4 Å². The van der Waals surface area contributed by atoms with Crippen molar-refractivity contribution in [3.8, 4) is 11.8 Å². The van der Waals surface area contributed by atoms with Gasteiger partial charge in [-0.15, -0.1) is 0 Å². The topological polar surface area (TPSA) is 105 Å². The number of H-pyrrole nitrogens is 1. The van der Waals surface area contributed by atoms with E-state index in [-0.39, 0.29) is 0 Å². The third kappa shape index (κ3) is 4.67. The van der Waals surface area contributed by atoms with Crippen LogP contribution in [0.2, 0.25) is 0 Å². The summed E-state index contributed by atoms with van der Waals surface area (Å²) in [5.41, 5.74) is 3.16. The molecular weight excluding hydrogens is 442 g/mol. The normalized spacial score (nSPS) is 15.0. The number of fused-ring (bicyclic) bond motifs is 1. The summed E-state index contributed by atoms with van der Waals surface area (Å²) >= 11 is 0. The van der Waals surface area contributed by atoms with Crippen molar-refractivity contribution in [3.05, 3.63) is 89.7 Å². The van der Waals surface area contributed by atoms with Gasteiger partial charge in [0.15, 0.2) is 0 Å². The molecule has 1 aliphatic heterocycles. The zero-order valence-corrected chi connectivity index (χ0v) is 19.1. The summed E-state index contributed by atoms with van der Waals surface area (Å²) in [5.74, 6) is 0.440. The van der Waals surface area contributed by atoms with E-state index in [1.165, 1.54) is 0 Å². The van der Waals surface area contributed by atoms with Crippen LogP contribution in [0.15, 0.2) is 73.1 Å². The fourth-order valence-electron chi connectivity index (χ4n) is 4.59. The van der Waals surface area contributed by atoms with E-state index >= 15 is 0 Å². The van der Waals surface area contributed by atoms with Gasteiger partial charge in [0.1, 0.15) is 30.3 Å². The number of hydrogen-bond donors (Lipinski definition) is 2. The van der Waals surface area contributed by atoms with Gasteiger partial charge in [0, 0.05) is 55.0 Å². The van der Waals surface area contributed by atoms with Gasteiger partial charge in [-0.2, -0.15) is 5.26 Å². The molecule has 1 saturated heterocycles. The molecule has 5 rings (SSSR count). The number of benzene rings is 2. The lowest BCUT2D eigenvalue weighted by atomic mass is 10.0. The van der Waals surface area contributed by atoms with Crippen molar-refractivity contribution in [2.75, 3.05) is 31.1 Å². The molecule has 1 fully saturated rings. The van der Waals surface area contributed by atoms with Crippen molar-refractivity contribution in [1.29, 1.82) is 5.26 Å². The number of piperazine rings is 1. The molecule has 0 radical (unpaired) electrons. The highest BCUT2D eigenvalue weighted by molar-refractivity contribution is 5.90. The lowest BCUT2D eigenvalue weighted by molar-refractivity contribution is -0.143. The van der Waals surface area contributed by atoms with Gasteiger partial charge in [-0.3, -0.25) is 9.69 Å². The third-order valence-corrected chi connectivity index (χ3v) is 6.35. The number of aliphatic carboxylic acids is 1. The fourth-order valence-corrected chi connectivity index (χ4v) is 4.59. The van der Waals surface area contributed by atoms with E-state index in [0.717, 1.165) is 16.5 Å². The van der Waals surface area contributed by atoms with E-state index in [1.807, 2.05) is 58.3 Å². The lowest BCUT2D eigenvalue weighted by Gasteiger charge is -2.38. The maximum absolute atomic E-state index is 12.4. The van der Waals surface area contributed by atoms with Crippen LogP contribution in [0.5, 0.6) is 5.75 Å². The average Bonchev–Trinajstić information content (AvgIpc) is 3.31. The quantitative estimate of drug-likeness (QED) is 0.424. The number of carbonyl (C=O) groups is 1. The molecular formula is C27H25N5O3. The lowest BCUT2D eigenvalue weighted by Crippen LogP contribution is -2.49. The van der Waals surface area contributed by atoms with Crippen LogP contribution in [0.4, 0.5) is 5.82 Å². The maximum atomic E-state index is 12.4. The van der Waals surface area contributed by atoms with Gasteiger partial charge in [-0.25, -0.2) is 4.98 Å². The number of nitrogens with one attached hydrogen (secondary N) is 1. The van der Waals surface area contributed by atoms with Crippen molar-refractivity contribution >= 4 is 22.7 Å². The minimum absolute atomic E-state index is 0.439. The number of carboxylic acid groups (broad SMARTS) is 1. The summed E-state index contributed by atoms with van der Waals surface area (Å²) in [6, 6.07) is 20.5. The smallest absolute Gasteiger partial charge is 0.325 e. The second-order valence-electron chi connectivity index (χ2n) is 8.48. The summed E-state index contributed by atoms with van der Waals surface area (Å²) in [6.07, 6.45) is 3.45. The molecule has 4 aromatic rings. The number of ether oxygens (including phenoxy) is 1. The highest BCUT2D eigenvalue weighted by Gasteiger charge is 2.33. The van der Waals surface area contributed by atoms with Crippen molar-refractivity contribution in [3.63, 3.8) is 0 Å². The molecule has 0 aliphatic carbocycles. The molecule has 2 N–H and O–H groups in total. The Morgan fingerprint density at radius 2 is 1.91 bits per heavy atom. The summed E-state index contributed by atoms with van der Waals surface area (Å²) in [5, 5.41) is 20.4. The van der Waals surface area contributed by atoms with Crippen molar-refractivity contribution < 1.29 is 14.6 Å². The number of aromatic nitrogens is 2. The Bertz CT molecular complexity index is 1370. The van der Waals surface area contributed by atoms with E-state index < -0.39 is 12.0 Å². The van der Waals surface area contributed by atoms with E-state index in [1.54, 1.807) is 24.5 Å². The Morgan fingerprint density at radius 3 is 2.66 bits per heavy atom.